The number of benzene rings is 2. The summed E-state index contributed by atoms with van der Waals surface area (Å²) in [4.78, 5) is 11.7. The number of rotatable bonds is 7. The summed E-state index contributed by atoms with van der Waals surface area (Å²) >= 11 is 11.7. The Labute approximate surface area is 156 Å². The van der Waals surface area contributed by atoms with Gasteiger partial charge in [-0.1, -0.05) is 23.2 Å². The molecule has 0 saturated carbocycles. The van der Waals surface area contributed by atoms with E-state index in [0.29, 0.717) is 18.0 Å². The lowest BCUT2D eigenvalue weighted by atomic mass is 10.3. The van der Waals surface area contributed by atoms with E-state index in [9.17, 15) is 13.2 Å². The topological polar surface area (TPSA) is 84.5 Å². The van der Waals surface area contributed by atoms with E-state index in [1.165, 1.54) is 18.2 Å². The quantitative estimate of drug-likeness (QED) is 0.743. The molecule has 2 aromatic rings. The molecule has 1 amide bonds. The van der Waals surface area contributed by atoms with E-state index < -0.39 is 22.5 Å². The molecule has 134 valence electrons. The number of ether oxygens (including phenoxy) is 1. The highest BCUT2D eigenvalue weighted by atomic mass is 35.5. The fourth-order valence-electron chi connectivity index (χ4n) is 1.93. The zero-order valence-corrected chi connectivity index (χ0v) is 15.6. The molecule has 2 aromatic carbocycles. The SMILES string of the molecule is CCOc1ccc(NC(=O)CNS(=O)(=O)c2cc(Cl)ccc2Cl)cc1. The maximum atomic E-state index is 12.2. The second-order valence-electron chi connectivity index (χ2n) is 4.90. The Kier molecular flexibility index (Phi) is 6.66. The minimum absolute atomic E-state index is 0.0174. The van der Waals surface area contributed by atoms with Crippen LogP contribution in [0, 0.1) is 0 Å². The normalized spacial score (nSPS) is 11.2. The lowest BCUT2D eigenvalue weighted by Gasteiger charge is -2.10. The first kappa shape index (κ1) is 19.5. The number of carbonyl (C=O) groups is 1. The van der Waals surface area contributed by atoms with E-state index in [-0.39, 0.29) is 14.9 Å². The van der Waals surface area contributed by atoms with Gasteiger partial charge in [0.1, 0.15) is 10.6 Å². The van der Waals surface area contributed by atoms with Crippen LogP contribution in [-0.4, -0.2) is 27.5 Å². The molecule has 0 aliphatic carbocycles. The lowest BCUT2D eigenvalue weighted by Crippen LogP contribution is -2.33. The van der Waals surface area contributed by atoms with Gasteiger partial charge in [-0.05, 0) is 49.4 Å². The number of carbonyl (C=O) groups excluding carboxylic acids is 1. The summed E-state index contributed by atoms with van der Waals surface area (Å²) in [7, 11) is -3.96. The molecule has 0 atom stereocenters. The van der Waals surface area contributed by atoms with Gasteiger partial charge < -0.3 is 10.1 Å². The molecule has 0 aliphatic heterocycles. The van der Waals surface area contributed by atoms with Crippen molar-refractivity contribution in [3.63, 3.8) is 0 Å². The molecule has 2 rings (SSSR count). The third kappa shape index (κ3) is 5.61. The van der Waals surface area contributed by atoms with Crippen molar-refractivity contribution in [1.29, 1.82) is 0 Å². The van der Waals surface area contributed by atoms with Crippen molar-refractivity contribution in [2.45, 2.75) is 11.8 Å². The van der Waals surface area contributed by atoms with E-state index in [1.54, 1.807) is 24.3 Å². The van der Waals surface area contributed by atoms with Crippen molar-refractivity contribution in [2.75, 3.05) is 18.5 Å². The molecule has 0 heterocycles. The number of sulfonamides is 1. The van der Waals surface area contributed by atoms with Gasteiger partial charge in [0.2, 0.25) is 15.9 Å². The fourth-order valence-corrected chi connectivity index (χ4v) is 3.67. The Hall–Kier alpha value is -1.80. The van der Waals surface area contributed by atoms with Gasteiger partial charge in [0.05, 0.1) is 18.2 Å². The maximum absolute atomic E-state index is 12.2. The third-order valence-corrected chi connectivity index (χ3v) is 5.17. The van der Waals surface area contributed by atoms with E-state index in [0.717, 1.165) is 0 Å². The van der Waals surface area contributed by atoms with Crippen LogP contribution >= 0.6 is 23.2 Å². The van der Waals surface area contributed by atoms with Crippen LogP contribution in [0.15, 0.2) is 47.4 Å². The van der Waals surface area contributed by atoms with Crippen LogP contribution in [0.4, 0.5) is 5.69 Å². The summed E-state index contributed by atoms with van der Waals surface area (Å²) in [6, 6.07) is 10.8. The van der Waals surface area contributed by atoms with Gasteiger partial charge in [0, 0.05) is 10.7 Å². The summed E-state index contributed by atoms with van der Waals surface area (Å²) in [5, 5.41) is 2.82. The molecule has 25 heavy (non-hydrogen) atoms. The summed E-state index contributed by atoms with van der Waals surface area (Å²) in [5.41, 5.74) is 0.522. The van der Waals surface area contributed by atoms with Crippen LogP contribution in [0.2, 0.25) is 10.0 Å². The Morgan fingerprint density at radius 1 is 1.12 bits per heavy atom. The van der Waals surface area contributed by atoms with Crippen LogP contribution < -0.4 is 14.8 Å². The van der Waals surface area contributed by atoms with Gasteiger partial charge in [-0.25, -0.2) is 13.1 Å². The number of halogens is 2. The average Bonchev–Trinajstić information content (AvgIpc) is 2.57. The van der Waals surface area contributed by atoms with Crippen LogP contribution in [-0.2, 0) is 14.8 Å². The minimum Gasteiger partial charge on any atom is -0.494 e. The molecule has 0 aliphatic rings. The molecule has 0 spiro atoms. The highest BCUT2D eigenvalue weighted by Crippen LogP contribution is 2.24. The van der Waals surface area contributed by atoms with E-state index >= 15 is 0 Å². The number of anilines is 1. The van der Waals surface area contributed by atoms with Crippen molar-refractivity contribution in [2.24, 2.45) is 0 Å². The van der Waals surface area contributed by atoms with Crippen molar-refractivity contribution in [3.8, 4) is 5.75 Å². The van der Waals surface area contributed by atoms with Gasteiger partial charge in [0.15, 0.2) is 0 Å². The predicted octanol–water partition coefficient (Wildman–Crippen LogP) is 3.31. The van der Waals surface area contributed by atoms with Crippen molar-refractivity contribution in [3.05, 3.63) is 52.5 Å². The Balaban J connectivity index is 1.97. The molecule has 0 aromatic heterocycles. The van der Waals surface area contributed by atoms with E-state index in [4.69, 9.17) is 27.9 Å². The second kappa shape index (κ2) is 8.53. The fraction of sp³-hybridized carbons (Fsp3) is 0.188. The molecule has 0 unspecified atom stereocenters. The second-order valence-corrected chi connectivity index (χ2v) is 7.48. The van der Waals surface area contributed by atoms with Gasteiger partial charge in [-0.2, -0.15) is 0 Å². The first-order chi connectivity index (χ1) is 11.8. The molecule has 6 nitrogen and oxygen atoms in total. The summed E-state index contributed by atoms with van der Waals surface area (Å²) in [6.45, 7) is 1.96. The summed E-state index contributed by atoms with van der Waals surface area (Å²) < 4.78 is 31.9. The molecular formula is C16H16Cl2N2O4S. The van der Waals surface area contributed by atoms with E-state index in [1.807, 2.05) is 6.92 Å². The largest absolute Gasteiger partial charge is 0.494 e. The molecule has 9 heteroatoms. The third-order valence-electron chi connectivity index (χ3n) is 3.05. The highest BCUT2D eigenvalue weighted by Gasteiger charge is 2.19. The highest BCUT2D eigenvalue weighted by molar-refractivity contribution is 7.89. The first-order valence-corrected chi connectivity index (χ1v) is 9.53. The standard InChI is InChI=1S/C16H16Cl2N2O4S/c1-2-24-13-6-4-12(5-7-13)20-16(21)10-19-25(22,23)15-9-11(17)3-8-14(15)18/h3-9,19H,2,10H2,1H3,(H,20,21). The first-order valence-electron chi connectivity index (χ1n) is 7.29. The van der Waals surface area contributed by atoms with Crippen LogP contribution in [0.5, 0.6) is 5.75 Å². The molecule has 0 radical (unpaired) electrons. The zero-order chi connectivity index (χ0) is 18.4. The molecule has 0 fully saturated rings. The van der Waals surface area contributed by atoms with Crippen molar-refractivity contribution < 1.29 is 17.9 Å². The van der Waals surface area contributed by atoms with Gasteiger partial charge in [-0.3, -0.25) is 4.79 Å². The van der Waals surface area contributed by atoms with Crippen LogP contribution in [0.25, 0.3) is 0 Å². The number of hydrogen-bond acceptors (Lipinski definition) is 4. The average molecular weight is 403 g/mol. The summed E-state index contributed by atoms with van der Waals surface area (Å²) in [5.74, 6) is 0.155. The molecule has 0 saturated heterocycles. The van der Waals surface area contributed by atoms with Gasteiger partial charge in [-0.15, -0.1) is 0 Å². The van der Waals surface area contributed by atoms with Gasteiger partial charge in [0.25, 0.3) is 0 Å². The number of nitrogens with one attached hydrogen (secondary N) is 2. The Morgan fingerprint density at radius 3 is 2.44 bits per heavy atom. The maximum Gasteiger partial charge on any atom is 0.242 e. The van der Waals surface area contributed by atoms with E-state index in [2.05, 4.69) is 10.0 Å². The molecule has 2 N–H and O–H groups in total. The van der Waals surface area contributed by atoms with Crippen molar-refractivity contribution >= 4 is 44.8 Å². The zero-order valence-electron chi connectivity index (χ0n) is 13.3. The Bertz CT molecular complexity index is 855. The van der Waals surface area contributed by atoms with Crippen LogP contribution in [0.1, 0.15) is 6.92 Å². The predicted molar refractivity (Wildman–Crippen MR) is 97.9 cm³/mol. The number of hydrogen-bond donors (Lipinski definition) is 2. The molecule has 0 bridgehead atoms. The Morgan fingerprint density at radius 2 is 1.80 bits per heavy atom. The monoisotopic (exact) mass is 402 g/mol. The summed E-state index contributed by atoms with van der Waals surface area (Å²) in [6.07, 6.45) is 0. The molecular weight excluding hydrogens is 387 g/mol. The van der Waals surface area contributed by atoms with Crippen molar-refractivity contribution in [1.82, 2.24) is 4.72 Å². The lowest BCUT2D eigenvalue weighted by molar-refractivity contribution is -0.115. The minimum atomic E-state index is -3.96. The number of amides is 1. The van der Waals surface area contributed by atoms with Gasteiger partial charge >= 0.3 is 0 Å². The van der Waals surface area contributed by atoms with Crippen LogP contribution in [0.3, 0.4) is 0 Å². The smallest absolute Gasteiger partial charge is 0.242 e.